The van der Waals surface area contributed by atoms with Crippen molar-refractivity contribution >= 4 is 27.0 Å². The topological polar surface area (TPSA) is 87.8 Å². The van der Waals surface area contributed by atoms with Gasteiger partial charge in [0.05, 0.1) is 27.2 Å². The highest BCUT2D eigenvalue weighted by atomic mass is 32.2. The first-order valence-electron chi connectivity index (χ1n) is 8.99. The molecule has 28 heavy (non-hydrogen) atoms. The predicted octanol–water partition coefficient (Wildman–Crippen LogP) is 2.66. The highest BCUT2D eigenvalue weighted by molar-refractivity contribution is 7.92. The summed E-state index contributed by atoms with van der Waals surface area (Å²) in [7, 11) is -3.68. The molecular formula is C20H21NO5S2. The van der Waals surface area contributed by atoms with Crippen molar-refractivity contribution in [2.75, 3.05) is 20.0 Å². The molecule has 1 saturated carbocycles. The molecule has 3 atom stereocenters. The van der Waals surface area contributed by atoms with E-state index in [1.807, 2.05) is 19.1 Å². The lowest BCUT2D eigenvalue weighted by Gasteiger charge is -2.17. The van der Waals surface area contributed by atoms with Crippen LogP contribution in [0.25, 0.3) is 0 Å². The summed E-state index contributed by atoms with van der Waals surface area (Å²) in [5.74, 6) is 0.808. The van der Waals surface area contributed by atoms with Gasteiger partial charge < -0.3 is 19.9 Å². The minimum absolute atomic E-state index is 0.146. The molecule has 2 aromatic rings. The Kier molecular flexibility index (Phi) is 4.81. The van der Waals surface area contributed by atoms with E-state index >= 15 is 0 Å². The number of hydrogen-bond acceptors (Lipinski definition) is 6. The van der Waals surface area contributed by atoms with Crippen LogP contribution in [0.4, 0.5) is 0 Å². The lowest BCUT2D eigenvalue weighted by molar-refractivity contribution is 0.121. The number of thiocarbonyl (C=S) groups is 1. The molecule has 0 radical (unpaired) electrons. The maximum absolute atomic E-state index is 13.5. The molecule has 0 amide bonds. The zero-order valence-electron chi connectivity index (χ0n) is 15.3. The van der Waals surface area contributed by atoms with Crippen LogP contribution in [0.2, 0.25) is 0 Å². The molecule has 1 aliphatic carbocycles. The third kappa shape index (κ3) is 2.87. The fraction of sp³-hybridized carbons (Fsp3) is 0.350. The highest BCUT2D eigenvalue weighted by Gasteiger charge is 2.73. The van der Waals surface area contributed by atoms with Crippen molar-refractivity contribution in [2.24, 2.45) is 11.1 Å². The predicted molar refractivity (Wildman–Crippen MR) is 108 cm³/mol. The van der Waals surface area contributed by atoms with E-state index in [0.29, 0.717) is 18.1 Å². The average Bonchev–Trinajstić information content (AvgIpc) is 3.18. The van der Waals surface area contributed by atoms with Gasteiger partial charge in [0.25, 0.3) is 0 Å². The maximum atomic E-state index is 13.5. The Labute approximate surface area is 169 Å². The van der Waals surface area contributed by atoms with Gasteiger partial charge in [-0.2, -0.15) is 0 Å². The summed E-state index contributed by atoms with van der Waals surface area (Å²) in [5, 5.41) is -0.799. The normalized spacial score (nSPS) is 25.5. The first-order chi connectivity index (χ1) is 13.4. The van der Waals surface area contributed by atoms with Crippen molar-refractivity contribution in [1.82, 2.24) is 0 Å². The second-order valence-corrected chi connectivity index (χ2v) is 9.42. The van der Waals surface area contributed by atoms with Gasteiger partial charge in [-0.3, -0.25) is 0 Å². The summed E-state index contributed by atoms with van der Waals surface area (Å²) in [6.07, 6.45) is 0. The van der Waals surface area contributed by atoms with E-state index in [2.05, 4.69) is 0 Å². The second-order valence-electron chi connectivity index (χ2n) is 6.91. The smallest absolute Gasteiger partial charge is 0.231 e. The first kappa shape index (κ1) is 19.2. The van der Waals surface area contributed by atoms with Gasteiger partial charge in [0.15, 0.2) is 21.3 Å². The molecular weight excluding hydrogens is 398 g/mol. The summed E-state index contributed by atoms with van der Waals surface area (Å²) in [6, 6.07) is 13.8. The highest BCUT2D eigenvalue weighted by Crippen LogP contribution is 2.65. The number of hydrogen-bond donors (Lipinski definition) is 1. The number of fused-ring (bicyclic) bond motifs is 1. The first-order valence-corrected chi connectivity index (χ1v) is 10.9. The molecule has 0 bridgehead atoms. The van der Waals surface area contributed by atoms with Crippen molar-refractivity contribution in [3.8, 4) is 11.5 Å². The van der Waals surface area contributed by atoms with E-state index in [1.165, 1.54) is 0 Å². The van der Waals surface area contributed by atoms with Gasteiger partial charge in [-0.25, -0.2) is 8.42 Å². The fourth-order valence-corrected chi connectivity index (χ4v) is 6.80. The Morgan fingerprint density at radius 1 is 1.21 bits per heavy atom. The number of benzene rings is 2. The Balaban J connectivity index is 1.81. The molecule has 148 valence electrons. The largest absolute Gasteiger partial charge is 0.454 e. The van der Waals surface area contributed by atoms with E-state index in [4.69, 9.17) is 32.2 Å². The van der Waals surface area contributed by atoms with Crippen molar-refractivity contribution in [3.63, 3.8) is 0 Å². The Bertz CT molecular complexity index is 1010. The second kappa shape index (κ2) is 7.02. The SMILES string of the molecule is CCOC[C@]1(C(N)=S)[C@@H](c2ccc3c(c2)OCO3)[C@@H]1S(=O)(=O)c1ccccc1. The molecule has 0 spiro atoms. The van der Waals surface area contributed by atoms with Gasteiger partial charge in [-0.05, 0) is 36.8 Å². The minimum Gasteiger partial charge on any atom is -0.454 e. The van der Waals surface area contributed by atoms with E-state index in [9.17, 15) is 8.42 Å². The monoisotopic (exact) mass is 419 g/mol. The van der Waals surface area contributed by atoms with E-state index in [-0.39, 0.29) is 23.3 Å². The van der Waals surface area contributed by atoms with Crippen LogP contribution < -0.4 is 15.2 Å². The van der Waals surface area contributed by atoms with Gasteiger partial charge in [0.1, 0.15) is 0 Å². The van der Waals surface area contributed by atoms with Gasteiger partial charge in [0, 0.05) is 12.5 Å². The molecule has 0 unspecified atom stereocenters. The molecule has 1 fully saturated rings. The Morgan fingerprint density at radius 3 is 2.61 bits per heavy atom. The summed E-state index contributed by atoms with van der Waals surface area (Å²) in [6.45, 7) is 2.59. The third-order valence-electron chi connectivity index (χ3n) is 5.42. The van der Waals surface area contributed by atoms with Crippen LogP contribution in [0.5, 0.6) is 11.5 Å². The van der Waals surface area contributed by atoms with Crippen LogP contribution in [0.3, 0.4) is 0 Å². The summed E-state index contributed by atoms with van der Waals surface area (Å²) in [4.78, 5) is 0.397. The molecule has 2 aromatic carbocycles. The van der Waals surface area contributed by atoms with Crippen molar-refractivity contribution < 1.29 is 22.6 Å². The summed E-state index contributed by atoms with van der Waals surface area (Å²) < 4.78 is 43.4. The van der Waals surface area contributed by atoms with E-state index in [0.717, 1.165) is 5.56 Å². The van der Waals surface area contributed by atoms with Gasteiger partial charge in [-0.15, -0.1) is 0 Å². The number of sulfone groups is 1. The zero-order chi connectivity index (χ0) is 19.9. The lowest BCUT2D eigenvalue weighted by Crippen LogP contribution is -2.33. The Hall–Kier alpha value is -2.16. The molecule has 6 nitrogen and oxygen atoms in total. The molecule has 1 aliphatic heterocycles. The summed E-state index contributed by atoms with van der Waals surface area (Å²) in [5.41, 5.74) is 5.94. The van der Waals surface area contributed by atoms with Gasteiger partial charge >= 0.3 is 0 Å². The number of nitrogens with two attached hydrogens (primary N) is 1. The van der Waals surface area contributed by atoms with E-state index < -0.39 is 26.4 Å². The van der Waals surface area contributed by atoms with Crippen molar-refractivity contribution in [1.29, 1.82) is 0 Å². The van der Waals surface area contributed by atoms with Crippen LogP contribution in [-0.4, -0.2) is 38.7 Å². The third-order valence-corrected chi connectivity index (χ3v) is 8.09. The Morgan fingerprint density at radius 2 is 1.93 bits per heavy atom. The lowest BCUT2D eigenvalue weighted by atomic mass is 9.99. The van der Waals surface area contributed by atoms with Crippen LogP contribution >= 0.6 is 12.2 Å². The quantitative estimate of drug-likeness (QED) is 0.690. The van der Waals surface area contributed by atoms with Gasteiger partial charge in [-0.1, -0.05) is 36.5 Å². The molecule has 2 N–H and O–H groups in total. The molecule has 0 aromatic heterocycles. The van der Waals surface area contributed by atoms with Gasteiger partial charge in [0.2, 0.25) is 6.79 Å². The average molecular weight is 420 g/mol. The van der Waals surface area contributed by atoms with Crippen LogP contribution in [0.1, 0.15) is 18.4 Å². The fourth-order valence-electron chi connectivity index (χ4n) is 4.00. The molecule has 1 heterocycles. The maximum Gasteiger partial charge on any atom is 0.231 e. The molecule has 8 heteroatoms. The van der Waals surface area contributed by atoms with Crippen LogP contribution in [0, 0.1) is 5.41 Å². The number of rotatable bonds is 7. The molecule has 2 aliphatic rings. The van der Waals surface area contributed by atoms with Crippen LogP contribution in [0.15, 0.2) is 53.4 Å². The van der Waals surface area contributed by atoms with Crippen molar-refractivity contribution in [2.45, 2.75) is 23.0 Å². The standard InChI is InChI=1S/C20H21NO5S2/c1-2-24-11-20(19(21)27)17(13-8-9-15-16(10-13)26-12-25-15)18(20)28(22,23)14-6-4-3-5-7-14/h3-10,17-18H,2,11-12H2,1H3,(H2,21,27)/t17-,18-,20-/m0/s1. The van der Waals surface area contributed by atoms with E-state index in [1.54, 1.807) is 36.4 Å². The number of ether oxygens (including phenoxy) is 3. The molecule has 4 rings (SSSR count). The van der Waals surface area contributed by atoms with Crippen molar-refractivity contribution in [3.05, 3.63) is 54.1 Å². The zero-order valence-corrected chi connectivity index (χ0v) is 17.0. The minimum atomic E-state index is -3.68. The molecule has 0 saturated heterocycles. The van der Waals surface area contributed by atoms with Crippen LogP contribution in [-0.2, 0) is 14.6 Å². The summed E-state index contributed by atoms with van der Waals surface area (Å²) >= 11 is 5.36.